The Morgan fingerprint density at radius 2 is 0.850 bits per heavy atom. The molecule has 8 aromatic carbocycles. The van der Waals surface area contributed by atoms with Crippen LogP contribution in [0.2, 0.25) is 0 Å². The van der Waals surface area contributed by atoms with Crippen LogP contribution in [-0.4, -0.2) is 33.6 Å². The second-order valence-electron chi connectivity index (χ2n) is 15.1. The summed E-state index contributed by atoms with van der Waals surface area (Å²) in [6, 6.07) is 66.1. The van der Waals surface area contributed by atoms with Gasteiger partial charge in [-0.3, -0.25) is 9.13 Å². The van der Waals surface area contributed by atoms with Crippen molar-refractivity contribution in [1.29, 1.82) is 0 Å². The third-order valence-corrected chi connectivity index (χ3v) is 12.8. The average molecular weight is 786 g/mol. The quantitative estimate of drug-likeness (QED) is 0.174. The number of hydrogen-bond donors (Lipinski definition) is 0. The molecule has 0 atom stereocenters. The first-order valence-corrected chi connectivity index (χ1v) is 20.8. The third kappa shape index (κ3) is 4.82. The highest BCUT2D eigenvalue weighted by molar-refractivity contribution is 7.21. The lowest BCUT2D eigenvalue weighted by Gasteiger charge is -2.14. The third-order valence-electron chi connectivity index (χ3n) is 11.7. The van der Waals surface area contributed by atoms with Crippen molar-refractivity contribution in [3.63, 3.8) is 0 Å². The fourth-order valence-electron chi connectivity index (χ4n) is 9.16. The van der Waals surface area contributed by atoms with Gasteiger partial charge in [0.2, 0.25) is 11.9 Å². The molecule has 13 aromatic rings. The highest BCUT2D eigenvalue weighted by Gasteiger charge is 2.24. The number of thiazole rings is 1. The van der Waals surface area contributed by atoms with Gasteiger partial charge < -0.3 is 4.57 Å². The molecule has 7 nitrogen and oxygen atoms in total. The standard InChI is InChI=1S/C52H31N7S/c1-2-15-32(16-3-1)49-54-51(58-43-25-10-4-19-35(43)36-20-5-11-26-44(36)58)56-52(55-49)59-45-27-12-7-22-38(45)40-30-29-39-37-21-6-9-24-42(37)57(47(39)48(40)59)34-18-14-17-33(31-34)50-53-41-23-8-13-28-46(41)60-50/h1-31H. The zero-order valence-corrected chi connectivity index (χ0v) is 32.8. The normalized spacial score (nSPS) is 12.0. The van der Waals surface area contributed by atoms with E-state index in [1.165, 1.54) is 10.1 Å². The Morgan fingerprint density at radius 3 is 1.50 bits per heavy atom. The summed E-state index contributed by atoms with van der Waals surface area (Å²) in [4.78, 5) is 21.1. The van der Waals surface area contributed by atoms with E-state index in [2.05, 4.69) is 177 Å². The smallest absolute Gasteiger partial charge is 0.240 e. The van der Waals surface area contributed by atoms with Gasteiger partial charge in [0.1, 0.15) is 5.01 Å². The van der Waals surface area contributed by atoms with Gasteiger partial charge in [-0.05, 0) is 48.5 Å². The van der Waals surface area contributed by atoms with E-state index < -0.39 is 0 Å². The second-order valence-corrected chi connectivity index (χ2v) is 16.1. The van der Waals surface area contributed by atoms with Gasteiger partial charge in [-0.15, -0.1) is 11.3 Å². The van der Waals surface area contributed by atoms with Gasteiger partial charge in [-0.1, -0.05) is 140 Å². The monoisotopic (exact) mass is 785 g/mol. The van der Waals surface area contributed by atoms with Crippen LogP contribution in [0.4, 0.5) is 0 Å². The van der Waals surface area contributed by atoms with Gasteiger partial charge in [0.05, 0.1) is 43.3 Å². The predicted molar refractivity (Wildman–Crippen MR) is 247 cm³/mol. The zero-order chi connectivity index (χ0) is 39.3. The molecule has 0 saturated carbocycles. The first-order chi connectivity index (χ1) is 29.8. The minimum atomic E-state index is 0.541. The maximum atomic E-state index is 5.47. The first kappa shape index (κ1) is 33.1. The maximum absolute atomic E-state index is 5.47. The van der Waals surface area contributed by atoms with Crippen molar-refractivity contribution in [3.05, 3.63) is 188 Å². The predicted octanol–water partition coefficient (Wildman–Crippen LogP) is 13.1. The summed E-state index contributed by atoms with van der Waals surface area (Å²) >= 11 is 1.72. The molecule has 5 aromatic heterocycles. The molecule has 0 spiro atoms. The van der Waals surface area contributed by atoms with E-state index in [0.717, 1.165) is 87.4 Å². The molecule has 0 fully saturated rings. The van der Waals surface area contributed by atoms with E-state index in [0.29, 0.717) is 17.7 Å². The Hall–Kier alpha value is -7.94. The molecule has 0 radical (unpaired) electrons. The molecule has 0 N–H and O–H groups in total. The van der Waals surface area contributed by atoms with Gasteiger partial charge in [-0.2, -0.15) is 15.0 Å². The highest BCUT2D eigenvalue weighted by Crippen LogP contribution is 2.42. The summed E-state index contributed by atoms with van der Waals surface area (Å²) < 4.78 is 8.02. The molecule has 0 bridgehead atoms. The summed E-state index contributed by atoms with van der Waals surface area (Å²) in [5.74, 6) is 1.69. The average Bonchev–Trinajstić information content (AvgIpc) is 4.08. The number of rotatable bonds is 5. The Kier molecular flexibility index (Phi) is 7.05. The minimum Gasteiger partial charge on any atom is -0.307 e. The van der Waals surface area contributed by atoms with Crippen LogP contribution >= 0.6 is 11.3 Å². The van der Waals surface area contributed by atoms with Crippen molar-refractivity contribution in [3.8, 4) is 39.5 Å². The number of fused-ring (bicyclic) bond motifs is 11. The van der Waals surface area contributed by atoms with Gasteiger partial charge in [0.15, 0.2) is 5.82 Å². The lowest BCUT2D eigenvalue weighted by molar-refractivity contribution is 0.893. The van der Waals surface area contributed by atoms with Crippen molar-refractivity contribution in [2.45, 2.75) is 0 Å². The lowest BCUT2D eigenvalue weighted by atomic mass is 10.1. The molecule has 280 valence electrons. The summed E-state index contributed by atoms with van der Waals surface area (Å²) in [6.45, 7) is 0. The Labute approximate surface area is 346 Å². The van der Waals surface area contributed by atoms with Gasteiger partial charge in [0.25, 0.3) is 0 Å². The number of aromatic nitrogens is 7. The molecule has 60 heavy (non-hydrogen) atoms. The summed E-state index contributed by atoms with van der Waals surface area (Å²) in [5, 5.41) is 7.84. The summed E-state index contributed by atoms with van der Waals surface area (Å²) in [6.07, 6.45) is 0. The Bertz CT molecular complexity index is 3770. The SMILES string of the molecule is c1ccc(-c2nc(-n3c4ccccc4c4ccccc43)nc(-n3c4ccccc4c4ccc5c6ccccc6n(-c6cccc(-c7nc8ccccc8s7)c6)c5c43)n2)cc1. The van der Waals surface area contributed by atoms with Crippen LogP contribution < -0.4 is 0 Å². The van der Waals surface area contributed by atoms with E-state index in [4.69, 9.17) is 19.9 Å². The molecule has 0 aliphatic heterocycles. The van der Waals surface area contributed by atoms with E-state index in [9.17, 15) is 0 Å². The van der Waals surface area contributed by atoms with Crippen LogP contribution in [0.1, 0.15) is 0 Å². The minimum absolute atomic E-state index is 0.541. The van der Waals surface area contributed by atoms with E-state index in [1.54, 1.807) is 11.3 Å². The molecule has 0 unspecified atom stereocenters. The molecule has 13 rings (SSSR count). The van der Waals surface area contributed by atoms with Crippen LogP contribution in [0.3, 0.4) is 0 Å². The second kappa shape index (κ2) is 12.8. The van der Waals surface area contributed by atoms with Crippen LogP contribution in [-0.2, 0) is 0 Å². The maximum Gasteiger partial charge on any atom is 0.240 e. The molecule has 0 aliphatic rings. The van der Waals surface area contributed by atoms with Crippen molar-refractivity contribution in [2.24, 2.45) is 0 Å². The lowest BCUT2D eigenvalue weighted by Crippen LogP contribution is -2.10. The van der Waals surface area contributed by atoms with Gasteiger partial charge >= 0.3 is 0 Å². The van der Waals surface area contributed by atoms with Crippen molar-refractivity contribution < 1.29 is 0 Å². The summed E-state index contributed by atoms with van der Waals surface area (Å²) in [5.41, 5.74) is 10.3. The topological polar surface area (TPSA) is 66.3 Å². The number of nitrogens with zero attached hydrogens (tertiary/aromatic N) is 7. The number of para-hydroxylation sites is 5. The Morgan fingerprint density at radius 1 is 0.350 bits per heavy atom. The molecular weight excluding hydrogens is 755 g/mol. The van der Waals surface area contributed by atoms with Gasteiger partial charge in [0, 0.05) is 49.1 Å². The van der Waals surface area contributed by atoms with Gasteiger partial charge in [-0.25, -0.2) is 4.98 Å². The number of hydrogen-bond acceptors (Lipinski definition) is 5. The van der Waals surface area contributed by atoms with Crippen LogP contribution in [0.25, 0.3) is 115 Å². The highest BCUT2D eigenvalue weighted by atomic mass is 32.1. The molecule has 5 heterocycles. The van der Waals surface area contributed by atoms with Crippen LogP contribution in [0.5, 0.6) is 0 Å². The van der Waals surface area contributed by atoms with E-state index >= 15 is 0 Å². The molecular formula is C52H31N7S. The van der Waals surface area contributed by atoms with Crippen LogP contribution in [0.15, 0.2) is 188 Å². The molecule has 0 aliphatic carbocycles. The van der Waals surface area contributed by atoms with E-state index in [1.807, 2.05) is 24.3 Å². The van der Waals surface area contributed by atoms with Crippen molar-refractivity contribution >= 4 is 87.0 Å². The van der Waals surface area contributed by atoms with E-state index in [-0.39, 0.29) is 0 Å². The molecule has 8 heteroatoms. The fraction of sp³-hybridized carbons (Fsp3) is 0. The number of benzene rings is 8. The molecule has 0 amide bonds. The van der Waals surface area contributed by atoms with Crippen molar-refractivity contribution in [1.82, 2.24) is 33.6 Å². The Balaban J connectivity index is 1.15. The fourth-order valence-corrected chi connectivity index (χ4v) is 10.1. The van der Waals surface area contributed by atoms with Crippen molar-refractivity contribution in [2.75, 3.05) is 0 Å². The zero-order valence-electron chi connectivity index (χ0n) is 31.9. The summed E-state index contributed by atoms with van der Waals surface area (Å²) in [7, 11) is 0. The molecule has 0 saturated heterocycles. The first-order valence-electron chi connectivity index (χ1n) is 20.0. The van der Waals surface area contributed by atoms with Crippen LogP contribution in [0, 0.1) is 0 Å². The largest absolute Gasteiger partial charge is 0.307 e.